The van der Waals surface area contributed by atoms with Crippen LogP contribution in [0.3, 0.4) is 0 Å². The molecule has 0 N–H and O–H groups in total. The lowest BCUT2D eigenvalue weighted by molar-refractivity contribution is 0.792. The lowest BCUT2D eigenvalue weighted by Gasteiger charge is -2.35. The van der Waals surface area contributed by atoms with Crippen LogP contribution in [0, 0.1) is 0 Å². The molecule has 0 aromatic heterocycles. The lowest BCUT2D eigenvalue weighted by atomic mass is 9.70. The van der Waals surface area contributed by atoms with E-state index in [4.69, 9.17) is 0 Å². The Kier molecular flexibility index (Phi) is 8.75. The van der Waals surface area contributed by atoms with Gasteiger partial charge in [0.15, 0.2) is 0 Å². The SMILES string of the molecule is c1ccc(-c2ccc(-c3c(N(c4ccc5c(c4)C4(c6ccccc6-c6ccccc64)c4ccccc4-5)c4ccc5c(c4)C4(c6ccccc6-c6ccccc64)c4ccccc4-5)c4ccccc4c4ccccc34)cc2)cc1. The lowest BCUT2D eigenvalue weighted by Crippen LogP contribution is -2.26. The Morgan fingerprint density at radius 3 is 0.922 bits per heavy atom. The number of fused-ring (bicyclic) bond motifs is 23. The molecule has 0 amide bonds. The zero-order chi connectivity index (χ0) is 50.4. The van der Waals surface area contributed by atoms with E-state index in [-0.39, 0.29) is 0 Å². The van der Waals surface area contributed by atoms with Crippen molar-refractivity contribution in [3.05, 3.63) is 330 Å². The van der Waals surface area contributed by atoms with Crippen LogP contribution in [0.1, 0.15) is 44.5 Å². The molecule has 4 aliphatic carbocycles. The molecule has 17 rings (SSSR count). The summed E-state index contributed by atoms with van der Waals surface area (Å²) in [7, 11) is 0. The second-order valence-corrected chi connectivity index (χ2v) is 21.3. The smallest absolute Gasteiger partial charge is 0.0726 e. The first kappa shape index (κ1) is 42.5. The first-order valence-corrected chi connectivity index (χ1v) is 27.0. The van der Waals surface area contributed by atoms with Gasteiger partial charge in [0.1, 0.15) is 0 Å². The summed E-state index contributed by atoms with van der Waals surface area (Å²) >= 11 is 0. The van der Waals surface area contributed by atoms with Gasteiger partial charge in [-0.3, -0.25) is 0 Å². The highest BCUT2D eigenvalue weighted by molar-refractivity contribution is 6.22. The molecule has 13 aromatic carbocycles. The number of benzene rings is 13. The van der Waals surface area contributed by atoms with Gasteiger partial charge in [0.05, 0.1) is 16.5 Å². The topological polar surface area (TPSA) is 3.24 Å². The summed E-state index contributed by atoms with van der Waals surface area (Å²) in [6.45, 7) is 0. The molecule has 0 saturated heterocycles. The van der Waals surface area contributed by atoms with Crippen LogP contribution in [0.25, 0.3) is 88.3 Å². The third kappa shape index (κ3) is 5.52. The van der Waals surface area contributed by atoms with Crippen molar-refractivity contribution in [3.8, 4) is 66.8 Å². The quantitative estimate of drug-likeness (QED) is 0.155. The molecule has 0 bridgehead atoms. The summed E-state index contributed by atoms with van der Waals surface area (Å²) in [4.78, 5) is 2.64. The summed E-state index contributed by atoms with van der Waals surface area (Å²) in [6, 6.07) is 108. The average molecular weight is 974 g/mol. The molecule has 0 saturated carbocycles. The van der Waals surface area contributed by atoms with Gasteiger partial charge in [-0.1, -0.05) is 261 Å². The van der Waals surface area contributed by atoms with Gasteiger partial charge in [-0.15, -0.1) is 0 Å². The Hall–Kier alpha value is -9.82. The first-order chi connectivity index (χ1) is 38.2. The van der Waals surface area contributed by atoms with Gasteiger partial charge in [-0.05, 0) is 146 Å². The minimum Gasteiger partial charge on any atom is -0.309 e. The van der Waals surface area contributed by atoms with Crippen LogP contribution in [0.4, 0.5) is 17.1 Å². The van der Waals surface area contributed by atoms with Crippen molar-refractivity contribution in [2.45, 2.75) is 10.8 Å². The van der Waals surface area contributed by atoms with E-state index in [1.54, 1.807) is 0 Å². The molecular formula is C76H47N. The minimum atomic E-state index is -0.525. The summed E-state index contributed by atoms with van der Waals surface area (Å²) < 4.78 is 0. The van der Waals surface area contributed by atoms with E-state index >= 15 is 0 Å². The van der Waals surface area contributed by atoms with Gasteiger partial charge < -0.3 is 4.90 Å². The number of hydrogen-bond acceptors (Lipinski definition) is 1. The maximum atomic E-state index is 2.64. The van der Waals surface area contributed by atoms with E-state index in [2.05, 4.69) is 290 Å². The van der Waals surface area contributed by atoms with Gasteiger partial charge in [0.2, 0.25) is 0 Å². The summed E-state index contributed by atoms with van der Waals surface area (Å²) in [6.07, 6.45) is 0. The van der Waals surface area contributed by atoms with Gasteiger partial charge in [-0.2, -0.15) is 0 Å². The summed E-state index contributed by atoms with van der Waals surface area (Å²) in [5.41, 5.74) is 28.0. The van der Waals surface area contributed by atoms with Crippen LogP contribution >= 0.6 is 0 Å². The predicted octanol–water partition coefficient (Wildman–Crippen LogP) is 19.5. The fraction of sp³-hybridized carbons (Fsp3) is 0.0263. The molecule has 0 aliphatic heterocycles. The zero-order valence-corrected chi connectivity index (χ0v) is 42.1. The monoisotopic (exact) mass is 973 g/mol. The van der Waals surface area contributed by atoms with Crippen molar-refractivity contribution >= 4 is 38.6 Å². The van der Waals surface area contributed by atoms with E-state index in [1.165, 1.54) is 133 Å². The molecule has 77 heavy (non-hydrogen) atoms. The van der Waals surface area contributed by atoms with Gasteiger partial charge in [0, 0.05) is 22.3 Å². The van der Waals surface area contributed by atoms with Crippen LogP contribution in [-0.2, 0) is 10.8 Å². The second-order valence-electron chi connectivity index (χ2n) is 21.3. The van der Waals surface area contributed by atoms with Crippen LogP contribution < -0.4 is 4.90 Å². The molecule has 4 aliphatic rings. The maximum absolute atomic E-state index is 2.64. The average Bonchev–Trinajstić information content (AvgIpc) is 4.38. The molecule has 13 aromatic rings. The Morgan fingerprint density at radius 2 is 0.506 bits per heavy atom. The molecule has 2 spiro atoms. The normalized spacial score (nSPS) is 13.9. The highest BCUT2D eigenvalue weighted by Crippen LogP contribution is 2.66. The largest absolute Gasteiger partial charge is 0.309 e. The predicted molar refractivity (Wildman–Crippen MR) is 320 cm³/mol. The summed E-state index contributed by atoms with van der Waals surface area (Å²) in [5.74, 6) is 0. The van der Waals surface area contributed by atoms with Gasteiger partial charge in [0.25, 0.3) is 0 Å². The van der Waals surface area contributed by atoms with Crippen molar-refractivity contribution in [1.29, 1.82) is 0 Å². The maximum Gasteiger partial charge on any atom is 0.0726 e. The van der Waals surface area contributed by atoms with Gasteiger partial charge in [-0.25, -0.2) is 0 Å². The standard InChI is InChI=1S/C76H47N/c1-2-20-48(21-3-1)49-38-40-50(41-39-49)73-63-30-6-4-22-53(63)54-23-5-7-31-64(54)74(73)77(51-42-44-61-59-28-12-18-36-69(59)75(71(61)46-51)65-32-14-8-24-55(65)56-25-9-15-33-66(56)75)52-43-45-62-60-29-13-19-37-70(60)76(72(62)47-52)67-34-16-10-26-57(67)58-27-11-17-35-68(58)76/h1-47H. The number of hydrogen-bond donors (Lipinski definition) is 0. The third-order valence-corrected chi connectivity index (χ3v) is 17.9. The van der Waals surface area contributed by atoms with Crippen LogP contribution in [0.5, 0.6) is 0 Å². The zero-order valence-electron chi connectivity index (χ0n) is 42.1. The Bertz CT molecular complexity index is 4310. The van der Waals surface area contributed by atoms with Crippen LogP contribution in [-0.4, -0.2) is 0 Å². The highest BCUT2D eigenvalue weighted by atomic mass is 15.1. The van der Waals surface area contributed by atoms with E-state index in [9.17, 15) is 0 Å². The fourth-order valence-corrected chi connectivity index (χ4v) is 15.0. The Balaban J connectivity index is 1.00. The minimum absolute atomic E-state index is 0.525. The molecule has 0 heterocycles. The van der Waals surface area contributed by atoms with Crippen molar-refractivity contribution < 1.29 is 0 Å². The third-order valence-electron chi connectivity index (χ3n) is 17.9. The molecule has 0 fully saturated rings. The van der Waals surface area contributed by atoms with E-state index in [0.29, 0.717) is 0 Å². The molecule has 0 radical (unpaired) electrons. The number of rotatable bonds is 5. The van der Waals surface area contributed by atoms with Crippen LogP contribution in [0.15, 0.2) is 285 Å². The van der Waals surface area contributed by atoms with Gasteiger partial charge >= 0.3 is 0 Å². The molecule has 1 nitrogen and oxygen atoms in total. The Labute approximate surface area is 448 Å². The molecule has 0 atom stereocenters. The fourth-order valence-electron chi connectivity index (χ4n) is 15.0. The van der Waals surface area contributed by atoms with E-state index < -0.39 is 10.8 Å². The molecule has 356 valence electrons. The number of anilines is 3. The molecule has 1 heteroatoms. The Morgan fingerprint density at radius 1 is 0.208 bits per heavy atom. The van der Waals surface area contributed by atoms with E-state index in [0.717, 1.165) is 17.1 Å². The second kappa shape index (κ2) is 15.9. The van der Waals surface area contributed by atoms with Crippen molar-refractivity contribution in [2.75, 3.05) is 4.90 Å². The summed E-state index contributed by atoms with van der Waals surface area (Å²) in [5, 5.41) is 4.86. The van der Waals surface area contributed by atoms with Crippen molar-refractivity contribution in [2.24, 2.45) is 0 Å². The van der Waals surface area contributed by atoms with E-state index in [1.807, 2.05) is 0 Å². The van der Waals surface area contributed by atoms with Crippen molar-refractivity contribution in [1.82, 2.24) is 0 Å². The first-order valence-electron chi connectivity index (χ1n) is 27.0. The molecular weight excluding hydrogens is 927 g/mol. The van der Waals surface area contributed by atoms with Crippen LogP contribution in [0.2, 0.25) is 0 Å². The van der Waals surface area contributed by atoms with Crippen molar-refractivity contribution in [3.63, 3.8) is 0 Å². The number of nitrogens with zero attached hydrogens (tertiary/aromatic N) is 1. The molecule has 0 unspecified atom stereocenters. The highest BCUT2D eigenvalue weighted by Gasteiger charge is 2.53.